The lowest BCUT2D eigenvalue weighted by atomic mass is 10.0. The molecule has 0 amide bonds. The van der Waals surface area contributed by atoms with Gasteiger partial charge in [-0.25, -0.2) is 17.6 Å². The third-order valence-electron chi connectivity index (χ3n) is 8.33. The molecule has 0 aliphatic rings. The van der Waals surface area contributed by atoms with Gasteiger partial charge in [-0.3, -0.25) is 0 Å². The van der Waals surface area contributed by atoms with Crippen LogP contribution in [0.5, 0.6) is 23.0 Å². The molecule has 9 heteroatoms. The van der Waals surface area contributed by atoms with E-state index in [0.717, 1.165) is 38.5 Å². The Morgan fingerprint density at radius 2 is 0.857 bits per heavy atom. The van der Waals surface area contributed by atoms with E-state index in [1.807, 2.05) is 0 Å². The van der Waals surface area contributed by atoms with Crippen LogP contribution in [0.3, 0.4) is 0 Å². The zero-order valence-corrected chi connectivity index (χ0v) is 28.7. The maximum absolute atomic E-state index is 15.0. The molecular weight excluding hydrogens is 631 g/mol. The number of hydrogen-bond donors (Lipinski definition) is 0. The number of rotatable bonds is 22. The fourth-order valence-corrected chi connectivity index (χ4v) is 5.50. The predicted molar refractivity (Wildman–Crippen MR) is 190 cm³/mol. The van der Waals surface area contributed by atoms with Gasteiger partial charge in [0.2, 0.25) is 0 Å². The molecule has 0 unspecified atom stereocenters. The van der Waals surface area contributed by atoms with Crippen LogP contribution in [0.2, 0.25) is 0 Å². The Morgan fingerprint density at radius 3 is 1.24 bits per heavy atom. The van der Waals surface area contributed by atoms with Crippen molar-refractivity contribution in [2.45, 2.75) is 90.9 Å². The van der Waals surface area contributed by atoms with Crippen LogP contribution in [0.1, 0.15) is 90.9 Å². The first-order valence-corrected chi connectivity index (χ1v) is 17.6. The van der Waals surface area contributed by atoms with E-state index in [1.54, 1.807) is 24.3 Å². The highest BCUT2D eigenvalue weighted by molar-refractivity contribution is 6.20. The van der Waals surface area contributed by atoms with Crippen molar-refractivity contribution in [3.05, 3.63) is 96.1 Å². The summed E-state index contributed by atoms with van der Waals surface area (Å²) in [4.78, 5) is 0. The summed E-state index contributed by atoms with van der Waals surface area (Å²) >= 11 is 0. The van der Waals surface area contributed by atoms with Crippen molar-refractivity contribution in [2.24, 2.45) is 0 Å². The molecule has 49 heavy (non-hydrogen) atoms. The summed E-state index contributed by atoms with van der Waals surface area (Å²) in [6.07, 6.45) is 13.3. The zero-order chi connectivity index (χ0) is 34.8. The standard InChI is InChI=1S/C40H47BF4O4/c1-3-5-7-9-11-13-23-46-39-21-15-29(25-37(39)44)33-19-17-31(27-35(33)42)48-41-49-32-18-20-34(36(43)28-32)30-16-22-40(38(45)26-30)47-24-14-12-10-8-6-4-2/h15-22,25-28,41H,3-14,23-24H2,1-2H3. The third-order valence-corrected chi connectivity index (χ3v) is 8.33. The minimum atomic E-state index is -0.598. The van der Waals surface area contributed by atoms with E-state index in [0.29, 0.717) is 24.3 Å². The minimum Gasteiger partial charge on any atom is -0.528 e. The normalized spacial score (nSPS) is 11.0. The molecular formula is C40H47BF4O4. The SMILES string of the molecule is CCCCCCCCOc1ccc(-c2ccc(OBOc3ccc(-c4ccc(OCCCCCCCC)c(F)c4)c(F)c3)cc2F)cc1F. The van der Waals surface area contributed by atoms with Gasteiger partial charge in [0.1, 0.15) is 23.1 Å². The largest absolute Gasteiger partial charge is 0.576 e. The van der Waals surface area contributed by atoms with Gasteiger partial charge in [0, 0.05) is 23.3 Å². The molecule has 4 nitrogen and oxygen atoms in total. The highest BCUT2D eigenvalue weighted by Gasteiger charge is 2.14. The van der Waals surface area contributed by atoms with E-state index >= 15 is 0 Å². The van der Waals surface area contributed by atoms with E-state index in [1.165, 1.54) is 87.1 Å². The van der Waals surface area contributed by atoms with Crippen molar-refractivity contribution in [3.63, 3.8) is 0 Å². The summed E-state index contributed by atoms with van der Waals surface area (Å²) in [5.74, 6) is -1.63. The molecule has 0 radical (unpaired) electrons. The number of halogens is 4. The molecule has 262 valence electrons. The number of ether oxygens (including phenoxy) is 2. The van der Waals surface area contributed by atoms with Crippen molar-refractivity contribution in [3.8, 4) is 45.3 Å². The van der Waals surface area contributed by atoms with Crippen molar-refractivity contribution >= 4 is 7.69 Å². The van der Waals surface area contributed by atoms with Crippen molar-refractivity contribution in [1.82, 2.24) is 0 Å². The van der Waals surface area contributed by atoms with Crippen molar-refractivity contribution in [2.75, 3.05) is 13.2 Å². The molecule has 0 saturated carbocycles. The predicted octanol–water partition coefficient (Wildman–Crippen LogP) is 11.8. The van der Waals surface area contributed by atoms with Crippen LogP contribution in [0.4, 0.5) is 17.6 Å². The average Bonchev–Trinajstić information content (AvgIpc) is 3.09. The Bertz CT molecular complexity index is 1480. The van der Waals surface area contributed by atoms with Gasteiger partial charge in [0.25, 0.3) is 0 Å². The lowest BCUT2D eigenvalue weighted by molar-refractivity contribution is 0.290. The molecule has 0 fully saturated rings. The van der Waals surface area contributed by atoms with Crippen LogP contribution >= 0.6 is 0 Å². The van der Waals surface area contributed by atoms with E-state index in [-0.39, 0.29) is 41.8 Å². The fourth-order valence-electron chi connectivity index (χ4n) is 5.50. The topological polar surface area (TPSA) is 36.9 Å². The smallest absolute Gasteiger partial charge is 0.528 e. The van der Waals surface area contributed by atoms with Crippen molar-refractivity contribution in [1.29, 1.82) is 0 Å². The average molecular weight is 679 g/mol. The van der Waals surface area contributed by atoms with E-state index < -0.39 is 23.3 Å². The Balaban J connectivity index is 1.24. The molecule has 4 aromatic rings. The Kier molecular flexibility index (Phi) is 15.7. The maximum atomic E-state index is 15.0. The van der Waals surface area contributed by atoms with Gasteiger partial charge >= 0.3 is 7.69 Å². The molecule has 0 aromatic heterocycles. The summed E-state index contributed by atoms with van der Waals surface area (Å²) in [5.41, 5.74) is 1.16. The third kappa shape index (κ3) is 12.1. The molecule has 0 atom stereocenters. The highest BCUT2D eigenvalue weighted by atomic mass is 19.1. The molecule has 0 aliphatic carbocycles. The second-order valence-electron chi connectivity index (χ2n) is 12.2. The van der Waals surface area contributed by atoms with Crippen LogP contribution in [0, 0.1) is 23.3 Å². The second-order valence-corrected chi connectivity index (χ2v) is 12.2. The van der Waals surface area contributed by atoms with E-state index in [2.05, 4.69) is 13.8 Å². The van der Waals surface area contributed by atoms with Crippen LogP contribution in [-0.2, 0) is 0 Å². The highest BCUT2D eigenvalue weighted by Crippen LogP contribution is 2.32. The van der Waals surface area contributed by atoms with Crippen LogP contribution in [-0.4, -0.2) is 20.9 Å². The lowest BCUT2D eigenvalue weighted by Gasteiger charge is -2.12. The zero-order valence-electron chi connectivity index (χ0n) is 28.7. The van der Waals surface area contributed by atoms with Crippen molar-refractivity contribution < 1.29 is 36.3 Å². The first-order chi connectivity index (χ1) is 23.9. The Morgan fingerprint density at radius 1 is 0.449 bits per heavy atom. The summed E-state index contributed by atoms with van der Waals surface area (Å²) < 4.78 is 81.5. The molecule has 0 heterocycles. The summed E-state index contributed by atoms with van der Waals surface area (Å²) in [5, 5.41) is 0. The van der Waals surface area contributed by atoms with E-state index in [4.69, 9.17) is 18.8 Å². The van der Waals surface area contributed by atoms with Crippen LogP contribution in [0.15, 0.2) is 72.8 Å². The quantitative estimate of drug-likeness (QED) is 0.0471. The van der Waals surface area contributed by atoms with Gasteiger partial charge in [-0.05, 0) is 72.5 Å². The van der Waals surface area contributed by atoms with Gasteiger partial charge in [-0.1, -0.05) is 90.2 Å². The maximum Gasteiger partial charge on any atom is 0.576 e. The number of unbranched alkanes of at least 4 members (excludes halogenated alkanes) is 10. The summed E-state index contributed by atoms with van der Waals surface area (Å²) in [6.45, 7) is 5.21. The molecule has 0 aliphatic heterocycles. The first kappa shape index (κ1) is 37.7. The van der Waals surface area contributed by atoms with Gasteiger partial charge in [-0.15, -0.1) is 0 Å². The molecule has 0 saturated heterocycles. The Labute approximate surface area is 289 Å². The van der Waals surface area contributed by atoms with Crippen LogP contribution in [0.25, 0.3) is 22.3 Å². The molecule has 0 N–H and O–H groups in total. The second kappa shape index (κ2) is 20.4. The number of benzene rings is 4. The molecule has 0 spiro atoms. The Hall–Kier alpha value is -4.14. The van der Waals surface area contributed by atoms with E-state index in [9.17, 15) is 17.6 Å². The molecule has 4 aromatic carbocycles. The fraction of sp³-hybridized carbons (Fsp3) is 0.400. The summed E-state index contributed by atoms with van der Waals surface area (Å²) in [7, 11) is -0.309. The molecule has 4 rings (SSSR count). The minimum absolute atomic E-state index is 0.146. The van der Waals surface area contributed by atoms with Gasteiger partial charge < -0.3 is 18.8 Å². The first-order valence-electron chi connectivity index (χ1n) is 17.6. The van der Waals surface area contributed by atoms with Gasteiger partial charge in [-0.2, -0.15) is 0 Å². The van der Waals surface area contributed by atoms with Gasteiger partial charge in [0.15, 0.2) is 23.1 Å². The molecule has 0 bridgehead atoms. The summed E-state index contributed by atoms with van der Waals surface area (Å²) in [6, 6.07) is 17.2. The lowest BCUT2D eigenvalue weighted by Crippen LogP contribution is -2.11. The number of hydrogen-bond acceptors (Lipinski definition) is 4. The monoisotopic (exact) mass is 678 g/mol. The van der Waals surface area contributed by atoms with Crippen LogP contribution < -0.4 is 18.8 Å². The van der Waals surface area contributed by atoms with Gasteiger partial charge in [0.05, 0.1) is 13.2 Å².